The topological polar surface area (TPSA) is 35.0 Å². The molecule has 0 N–H and O–H groups in total. The Balaban J connectivity index is 2.12. The standard InChI is InChI=1S/C10H10N2OS2/c1-13-9(8-5-3-2-4-6-8)15-10-12-11-7-14-10/h2-7,9H,1H3. The predicted octanol–water partition coefficient (Wildman–Crippen LogP) is 2.98. The lowest BCUT2D eigenvalue weighted by Crippen LogP contribution is -1.95. The first-order valence-corrected chi connectivity index (χ1v) is 6.16. The average Bonchev–Trinajstić information content (AvgIpc) is 2.80. The third-order valence-electron chi connectivity index (χ3n) is 1.83. The van der Waals surface area contributed by atoms with E-state index in [0.717, 1.165) is 9.90 Å². The van der Waals surface area contributed by atoms with Gasteiger partial charge in [0.2, 0.25) is 0 Å². The Morgan fingerprint density at radius 1 is 1.33 bits per heavy atom. The van der Waals surface area contributed by atoms with Gasteiger partial charge in [0.05, 0.1) is 0 Å². The molecule has 0 spiro atoms. The Hall–Kier alpha value is -0.910. The fraction of sp³-hybridized carbons (Fsp3) is 0.200. The summed E-state index contributed by atoms with van der Waals surface area (Å²) in [7, 11) is 1.70. The number of benzene rings is 1. The summed E-state index contributed by atoms with van der Waals surface area (Å²) in [4.78, 5) is 0. The second-order valence-corrected chi connectivity index (χ2v) is 4.94. The maximum absolute atomic E-state index is 5.41. The molecule has 0 fully saturated rings. The van der Waals surface area contributed by atoms with Gasteiger partial charge in [-0.1, -0.05) is 53.4 Å². The van der Waals surface area contributed by atoms with Crippen molar-refractivity contribution < 1.29 is 4.74 Å². The van der Waals surface area contributed by atoms with E-state index in [0.29, 0.717) is 0 Å². The van der Waals surface area contributed by atoms with Gasteiger partial charge in [-0.15, -0.1) is 10.2 Å². The molecule has 1 aromatic carbocycles. The molecule has 0 saturated carbocycles. The van der Waals surface area contributed by atoms with E-state index in [1.54, 1.807) is 24.4 Å². The predicted molar refractivity (Wildman–Crippen MR) is 62.0 cm³/mol. The molecular weight excluding hydrogens is 228 g/mol. The van der Waals surface area contributed by atoms with E-state index >= 15 is 0 Å². The number of nitrogens with zero attached hydrogens (tertiary/aromatic N) is 2. The summed E-state index contributed by atoms with van der Waals surface area (Å²) in [5.74, 6) is 0. The van der Waals surface area contributed by atoms with Crippen LogP contribution < -0.4 is 0 Å². The number of thioether (sulfide) groups is 1. The summed E-state index contributed by atoms with van der Waals surface area (Å²) in [6.45, 7) is 0. The first-order chi connectivity index (χ1) is 7.40. The molecule has 1 aromatic heterocycles. The first kappa shape index (κ1) is 10.6. The molecule has 1 atom stereocenters. The molecule has 1 heterocycles. The van der Waals surface area contributed by atoms with Gasteiger partial charge in [0.15, 0.2) is 4.34 Å². The van der Waals surface area contributed by atoms with Gasteiger partial charge in [0, 0.05) is 7.11 Å². The fourth-order valence-electron chi connectivity index (χ4n) is 1.17. The van der Waals surface area contributed by atoms with E-state index in [4.69, 9.17) is 4.74 Å². The lowest BCUT2D eigenvalue weighted by molar-refractivity contribution is 0.175. The summed E-state index contributed by atoms with van der Waals surface area (Å²) in [6, 6.07) is 10.1. The molecule has 0 bridgehead atoms. The molecule has 5 heteroatoms. The van der Waals surface area contributed by atoms with E-state index < -0.39 is 0 Å². The SMILES string of the molecule is COC(Sc1nncs1)c1ccccc1. The monoisotopic (exact) mass is 238 g/mol. The number of aromatic nitrogens is 2. The number of rotatable bonds is 4. The molecule has 2 aromatic rings. The van der Waals surface area contributed by atoms with Gasteiger partial charge >= 0.3 is 0 Å². The van der Waals surface area contributed by atoms with Crippen LogP contribution in [-0.4, -0.2) is 17.3 Å². The minimum atomic E-state index is -0.0147. The van der Waals surface area contributed by atoms with E-state index in [1.807, 2.05) is 30.3 Å². The van der Waals surface area contributed by atoms with Crippen LogP contribution in [0.2, 0.25) is 0 Å². The van der Waals surface area contributed by atoms with E-state index in [2.05, 4.69) is 10.2 Å². The van der Waals surface area contributed by atoms with Gasteiger partial charge in [0.25, 0.3) is 0 Å². The molecule has 0 aliphatic heterocycles. The van der Waals surface area contributed by atoms with Crippen molar-refractivity contribution in [3.63, 3.8) is 0 Å². The van der Waals surface area contributed by atoms with Gasteiger partial charge in [-0.3, -0.25) is 0 Å². The summed E-state index contributed by atoms with van der Waals surface area (Å²) >= 11 is 3.09. The molecule has 0 amide bonds. The summed E-state index contributed by atoms with van der Waals surface area (Å²) in [6.07, 6.45) is 0. The largest absolute Gasteiger partial charge is 0.366 e. The van der Waals surface area contributed by atoms with E-state index in [-0.39, 0.29) is 5.44 Å². The Morgan fingerprint density at radius 2 is 2.13 bits per heavy atom. The highest BCUT2D eigenvalue weighted by molar-refractivity contribution is 8.01. The van der Waals surface area contributed by atoms with Crippen LogP contribution in [0.25, 0.3) is 0 Å². The third kappa shape index (κ3) is 2.77. The normalized spacial score (nSPS) is 12.6. The van der Waals surface area contributed by atoms with Crippen LogP contribution in [0.3, 0.4) is 0 Å². The number of hydrogen-bond acceptors (Lipinski definition) is 5. The quantitative estimate of drug-likeness (QED) is 0.606. The Labute approximate surface area is 96.5 Å². The van der Waals surface area contributed by atoms with Crippen LogP contribution >= 0.6 is 23.1 Å². The van der Waals surface area contributed by atoms with Crippen molar-refractivity contribution in [1.82, 2.24) is 10.2 Å². The van der Waals surface area contributed by atoms with Crippen LogP contribution in [0.1, 0.15) is 11.0 Å². The zero-order valence-corrected chi connectivity index (χ0v) is 9.79. The molecule has 78 valence electrons. The molecule has 3 nitrogen and oxygen atoms in total. The number of ether oxygens (including phenoxy) is 1. The summed E-state index contributed by atoms with van der Waals surface area (Å²) in [5, 5.41) is 7.78. The van der Waals surface area contributed by atoms with Crippen molar-refractivity contribution in [1.29, 1.82) is 0 Å². The molecular formula is C10H10N2OS2. The average molecular weight is 238 g/mol. The Bertz CT molecular complexity index is 391. The molecule has 0 aliphatic rings. The van der Waals surface area contributed by atoms with Crippen LogP contribution in [0.5, 0.6) is 0 Å². The van der Waals surface area contributed by atoms with E-state index in [1.165, 1.54) is 11.3 Å². The summed E-state index contributed by atoms with van der Waals surface area (Å²) in [5.41, 5.74) is 2.85. The minimum Gasteiger partial charge on any atom is -0.366 e. The molecule has 1 unspecified atom stereocenters. The van der Waals surface area contributed by atoms with Gasteiger partial charge in [-0.05, 0) is 5.56 Å². The lowest BCUT2D eigenvalue weighted by atomic mass is 10.2. The van der Waals surface area contributed by atoms with Gasteiger partial charge in [-0.25, -0.2) is 0 Å². The fourth-order valence-corrected chi connectivity index (χ4v) is 2.73. The van der Waals surface area contributed by atoms with Crippen molar-refractivity contribution in [2.24, 2.45) is 0 Å². The maximum atomic E-state index is 5.41. The van der Waals surface area contributed by atoms with Crippen molar-refractivity contribution >= 4 is 23.1 Å². The van der Waals surface area contributed by atoms with Crippen LogP contribution in [0.4, 0.5) is 0 Å². The first-order valence-electron chi connectivity index (χ1n) is 4.40. The van der Waals surface area contributed by atoms with Gasteiger partial charge in [-0.2, -0.15) is 0 Å². The second-order valence-electron chi connectivity index (χ2n) is 2.80. The maximum Gasteiger partial charge on any atom is 0.176 e. The Morgan fingerprint density at radius 3 is 2.73 bits per heavy atom. The number of hydrogen-bond donors (Lipinski definition) is 0. The zero-order chi connectivity index (χ0) is 10.5. The lowest BCUT2D eigenvalue weighted by Gasteiger charge is -2.12. The van der Waals surface area contributed by atoms with Crippen molar-refractivity contribution in [3.8, 4) is 0 Å². The zero-order valence-electron chi connectivity index (χ0n) is 8.16. The second kappa shape index (κ2) is 5.25. The van der Waals surface area contributed by atoms with Crippen LogP contribution in [-0.2, 0) is 4.74 Å². The Kier molecular flexibility index (Phi) is 3.71. The third-order valence-corrected chi connectivity index (χ3v) is 3.86. The molecule has 2 rings (SSSR count). The highest BCUT2D eigenvalue weighted by Crippen LogP contribution is 2.35. The highest BCUT2D eigenvalue weighted by atomic mass is 32.2. The summed E-state index contributed by atoms with van der Waals surface area (Å²) < 4.78 is 6.33. The van der Waals surface area contributed by atoms with Crippen molar-refractivity contribution in [2.75, 3.05) is 7.11 Å². The molecule has 0 aliphatic carbocycles. The smallest absolute Gasteiger partial charge is 0.176 e. The molecule has 15 heavy (non-hydrogen) atoms. The van der Waals surface area contributed by atoms with Gasteiger partial charge < -0.3 is 4.74 Å². The van der Waals surface area contributed by atoms with Crippen LogP contribution in [0.15, 0.2) is 40.2 Å². The minimum absolute atomic E-state index is 0.0147. The number of methoxy groups -OCH3 is 1. The van der Waals surface area contributed by atoms with E-state index in [9.17, 15) is 0 Å². The molecule has 0 saturated heterocycles. The highest BCUT2D eigenvalue weighted by Gasteiger charge is 2.13. The van der Waals surface area contributed by atoms with Crippen molar-refractivity contribution in [3.05, 3.63) is 41.4 Å². The van der Waals surface area contributed by atoms with Gasteiger partial charge in [0.1, 0.15) is 10.9 Å². The van der Waals surface area contributed by atoms with Crippen molar-refractivity contribution in [2.45, 2.75) is 9.78 Å². The molecule has 0 radical (unpaired) electrons. The van der Waals surface area contributed by atoms with Crippen LogP contribution in [0, 0.1) is 0 Å².